The van der Waals surface area contributed by atoms with Crippen molar-refractivity contribution >= 4 is 35.1 Å². The van der Waals surface area contributed by atoms with E-state index in [1.54, 1.807) is 29.2 Å². The highest BCUT2D eigenvalue weighted by atomic mass is 16.5. The quantitative estimate of drug-likeness (QED) is 0.665. The molecular formula is C23H25N3O5. The predicted molar refractivity (Wildman–Crippen MR) is 116 cm³/mol. The van der Waals surface area contributed by atoms with E-state index in [4.69, 9.17) is 4.74 Å². The van der Waals surface area contributed by atoms with Crippen molar-refractivity contribution in [3.05, 3.63) is 59.2 Å². The number of amides is 3. The number of ether oxygens (including phenoxy) is 1. The van der Waals surface area contributed by atoms with Gasteiger partial charge in [-0.2, -0.15) is 0 Å². The summed E-state index contributed by atoms with van der Waals surface area (Å²) in [6.07, 6.45) is 1.36. The molecule has 162 valence electrons. The van der Waals surface area contributed by atoms with Crippen LogP contribution in [0.15, 0.2) is 42.5 Å². The van der Waals surface area contributed by atoms with Crippen LogP contribution in [-0.2, 0) is 19.1 Å². The Bertz CT molecular complexity index is 1000. The molecular weight excluding hydrogens is 398 g/mol. The van der Waals surface area contributed by atoms with Crippen molar-refractivity contribution in [3.63, 3.8) is 0 Å². The van der Waals surface area contributed by atoms with Gasteiger partial charge in [-0.05, 0) is 61.7 Å². The Morgan fingerprint density at radius 3 is 2.48 bits per heavy atom. The third-order valence-electron chi connectivity index (χ3n) is 4.94. The van der Waals surface area contributed by atoms with Crippen molar-refractivity contribution < 1.29 is 23.9 Å². The van der Waals surface area contributed by atoms with Gasteiger partial charge in [0, 0.05) is 29.9 Å². The Hall–Kier alpha value is -3.68. The first kappa shape index (κ1) is 22.0. The largest absolute Gasteiger partial charge is 0.454 e. The lowest BCUT2D eigenvalue weighted by Crippen LogP contribution is -2.32. The van der Waals surface area contributed by atoms with E-state index in [-0.39, 0.29) is 12.5 Å². The van der Waals surface area contributed by atoms with Gasteiger partial charge in [0.2, 0.25) is 5.91 Å². The first-order chi connectivity index (χ1) is 14.8. The fourth-order valence-corrected chi connectivity index (χ4v) is 3.22. The monoisotopic (exact) mass is 423 g/mol. The number of carbonyl (C=O) groups excluding carboxylic acids is 4. The number of benzene rings is 2. The molecule has 0 spiro atoms. The summed E-state index contributed by atoms with van der Waals surface area (Å²) in [5, 5.41) is 5.16. The van der Waals surface area contributed by atoms with E-state index in [9.17, 15) is 19.2 Å². The summed E-state index contributed by atoms with van der Waals surface area (Å²) < 4.78 is 4.92. The van der Waals surface area contributed by atoms with E-state index in [1.807, 2.05) is 32.0 Å². The molecule has 0 unspecified atom stereocenters. The van der Waals surface area contributed by atoms with Crippen LogP contribution in [0.1, 0.15) is 34.3 Å². The molecule has 0 radical (unpaired) electrons. The van der Waals surface area contributed by atoms with Gasteiger partial charge in [0.1, 0.15) is 6.54 Å². The van der Waals surface area contributed by atoms with Crippen molar-refractivity contribution in [1.29, 1.82) is 0 Å². The predicted octanol–water partition coefficient (Wildman–Crippen LogP) is 2.34. The zero-order chi connectivity index (χ0) is 22.4. The maximum absolute atomic E-state index is 12.2. The number of anilines is 2. The summed E-state index contributed by atoms with van der Waals surface area (Å²) in [4.78, 5) is 49.5. The van der Waals surface area contributed by atoms with E-state index in [1.165, 1.54) is 0 Å². The van der Waals surface area contributed by atoms with Crippen LogP contribution in [0.5, 0.6) is 0 Å². The molecule has 0 aromatic heterocycles. The maximum atomic E-state index is 12.2. The van der Waals surface area contributed by atoms with Crippen LogP contribution in [0.4, 0.5) is 11.4 Å². The van der Waals surface area contributed by atoms with Crippen molar-refractivity contribution in [3.8, 4) is 0 Å². The zero-order valence-corrected chi connectivity index (χ0v) is 17.6. The highest BCUT2D eigenvalue weighted by Crippen LogP contribution is 2.21. The van der Waals surface area contributed by atoms with Gasteiger partial charge in [-0.1, -0.05) is 12.1 Å². The Labute approximate surface area is 180 Å². The van der Waals surface area contributed by atoms with Gasteiger partial charge in [-0.25, -0.2) is 0 Å². The molecule has 3 amide bonds. The Kier molecular flexibility index (Phi) is 7.02. The summed E-state index contributed by atoms with van der Waals surface area (Å²) >= 11 is 0. The van der Waals surface area contributed by atoms with Gasteiger partial charge >= 0.3 is 5.97 Å². The number of carbonyl (C=O) groups is 4. The fraction of sp³-hybridized carbons (Fsp3) is 0.304. The molecule has 8 heteroatoms. The molecule has 0 aliphatic carbocycles. The average molecular weight is 423 g/mol. The van der Waals surface area contributed by atoms with Gasteiger partial charge in [0.05, 0.1) is 0 Å². The average Bonchev–Trinajstić information content (AvgIpc) is 3.19. The number of hydrogen-bond donors (Lipinski definition) is 2. The van der Waals surface area contributed by atoms with Crippen molar-refractivity contribution in [2.24, 2.45) is 0 Å². The van der Waals surface area contributed by atoms with Crippen LogP contribution in [0, 0.1) is 13.8 Å². The molecule has 0 saturated carbocycles. The highest BCUT2D eigenvalue weighted by molar-refractivity contribution is 5.98. The minimum Gasteiger partial charge on any atom is -0.454 e. The minimum atomic E-state index is -0.719. The van der Waals surface area contributed by atoms with Gasteiger partial charge in [-0.15, -0.1) is 0 Å². The van der Waals surface area contributed by atoms with Gasteiger partial charge in [0.25, 0.3) is 11.8 Å². The van der Waals surface area contributed by atoms with E-state index in [0.717, 1.165) is 23.2 Å². The third-order valence-corrected chi connectivity index (χ3v) is 4.94. The van der Waals surface area contributed by atoms with E-state index >= 15 is 0 Å². The smallest absolute Gasteiger partial charge is 0.325 e. The van der Waals surface area contributed by atoms with Crippen molar-refractivity contribution in [2.45, 2.75) is 26.7 Å². The topological polar surface area (TPSA) is 105 Å². The molecule has 8 nitrogen and oxygen atoms in total. The Morgan fingerprint density at radius 1 is 1.06 bits per heavy atom. The SMILES string of the molecule is Cc1ccc(C)c(NC(=O)COC(=O)CNC(=O)c2ccc(N3CCCC3=O)cc2)c1. The molecule has 1 saturated heterocycles. The molecule has 2 N–H and O–H groups in total. The molecule has 1 aliphatic rings. The molecule has 2 aromatic rings. The fourth-order valence-electron chi connectivity index (χ4n) is 3.22. The van der Waals surface area contributed by atoms with Crippen LogP contribution >= 0.6 is 0 Å². The molecule has 31 heavy (non-hydrogen) atoms. The molecule has 0 atom stereocenters. The number of rotatable bonds is 7. The normalized spacial score (nSPS) is 13.1. The summed E-state index contributed by atoms with van der Waals surface area (Å²) in [7, 11) is 0. The lowest BCUT2D eigenvalue weighted by Gasteiger charge is -2.15. The third kappa shape index (κ3) is 5.91. The van der Waals surface area contributed by atoms with Gasteiger partial charge in [0.15, 0.2) is 6.61 Å². The lowest BCUT2D eigenvalue weighted by atomic mass is 10.1. The van der Waals surface area contributed by atoms with Crippen LogP contribution in [0.25, 0.3) is 0 Å². The second kappa shape index (κ2) is 9.88. The summed E-state index contributed by atoms with van der Waals surface area (Å²) in [6, 6.07) is 12.3. The number of nitrogens with zero attached hydrogens (tertiary/aromatic N) is 1. The first-order valence-corrected chi connectivity index (χ1v) is 10.0. The summed E-state index contributed by atoms with van der Waals surface area (Å²) in [6.45, 7) is 3.65. The number of hydrogen-bond acceptors (Lipinski definition) is 5. The van der Waals surface area contributed by atoms with Crippen LogP contribution in [0.2, 0.25) is 0 Å². The molecule has 1 aliphatic heterocycles. The zero-order valence-electron chi connectivity index (χ0n) is 17.6. The Balaban J connectivity index is 1.42. The van der Waals surface area contributed by atoms with Crippen LogP contribution < -0.4 is 15.5 Å². The first-order valence-electron chi connectivity index (χ1n) is 10.0. The number of esters is 1. The summed E-state index contributed by atoms with van der Waals surface area (Å²) in [5.41, 5.74) is 3.66. The van der Waals surface area contributed by atoms with Crippen molar-refractivity contribution in [2.75, 3.05) is 29.9 Å². The van der Waals surface area contributed by atoms with Crippen LogP contribution in [-0.4, -0.2) is 43.4 Å². The Morgan fingerprint density at radius 2 is 1.81 bits per heavy atom. The molecule has 1 heterocycles. The molecule has 2 aromatic carbocycles. The number of aryl methyl sites for hydroxylation is 2. The summed E-state index contributed by atoms with van der Waals surface area (Å²) in [5.74, 6) is -1.55. The van der Waals surface area contributed by atoms with Gasteiger partial charge in [-0.3, -0.25) is 19.2 Å². The standard InChI is InChI=1S/C23H25N3O5/c1-15-5-6-16(2)19(12-15)25-20(27)14-31-22(29)13-24-23(30)17-7-9-18(10-8-17)26-11-3-4-21(26)28/h5-10,12H,3-4,11,13-14H2,1-2H3,(H,24,30)(H,25,27). The minimum absolute atomic E-state index is 0.0709. The second-order valence-corrected chi connectivity index (χ2v) is 7.41. The van der Waals surface area contributed by atoms with E-state index in [0.29, 0.717) is 24.2 Å². The second-order valence-electron chi connectivity index (χ2n) is 7.41. The van der Waals surface area contributed by atoms with Gasteiger partial charge < -0.3 is 20.3 Å². The molecule has 3 rings (SSSR count). The molecule has 0 bridgehead atoms. The lowest BCUT2D eigenvalue weighted by molar-refractivity contribution is -0.146. The maximum Gasteiger partial charge on any atom is 0.325 e. The number of nitrogens with one attached hydrogen (secondary N) is 2. The van der Waals surface area contributed by atoms with E-state index < -0.39 is 24.4 Å². The van der Waals surface area contributed by atoms with E-state index in [2.05, 4.69) is 10.6 Å². The molecule has 1 fully saturated rings. The van der Waals surface area contributed by atoms with Crippen LogP contribution in [0.3, 0.4) is 0 Å². The highest BCUT2D eigenvalue weighted by Gasteiger charge is 2.21. The van der Waals surface area contributed by atoms with Crippen molar-refractivity contribution in [1.82, 2.24) is 5.32 Å².